The molecule has 3 heterocycles. The van der Waals surface area contributed by atoms with Crippen molar-refractivity contribution in [2.24, 2.45) is 0 Å². The lowest BCUT2D eigenvalue weighted by Crippen LogP contribution is -2.24. The third-order valence-electron chi connectivity index (χ3n) is 3.86. The lowest BCUT2D eigenvalue weighted by molar-refractivity contribution is -0.141. The third-order valence-corrected chi connectivity index (χ3v) is 4.92. The van der Waals surface area contributed by atoms with Crippen LogP contribution in [0, 0.1) is 0 Å². The van der Waals surface area contributed by atoms with Crippen LogP contribution in [-0.4, -0.2) is 32.5 Å². The zero-order valence-corrected chi connectivity index (χ0v) is 13.3. The fourth-order valence-electron chi connectivity index (χ4n) is 2.78. The van der Waals surface area contributed by atoms with Crippen LogP contribution >= 0.6 is 11.3 Å². The molecule has 2 aromatic rings. The van der Waals surface area contributed by atoms with E-state index in [1.807, 2.05) is 4.90 Å². The molecule has 0 unspecified atom stereocenters. The third kappa shape index (κ3) is 3.57. The molecule has 1 N–H and O–H groups in total. The number of aromatic carboxylic acids is 1. The first kappa shape index (κ1) is 16.8. The van der Waals surface area contributed by atoms with Crippen molar-refractivity contribution in [2.75, 3.05) is 6.54 Å². The molecule has 3 rings (SSSR count). The van der Waals surface area contributed by atoms with E-state index < -0.39 is 17.8 Å². The Morgan fingerprint density at radius 2 is 2.17 bits per heavy atom. The van der Waals surface area contributed by atoms with E-state index in [2.05, 4.69) is 9.97 Å². The molecule has 1 fully saturated rings. The number of likely N-dealkylation sites (tertiary alicyclic amines) is 1. The number of carboxylic acid groups (broad SMARTS) is 1. The van der Waals surface area contributed by atoms with E-state index >= 15 is 0 Å². The van der Waals surface area contributed by atoms with Crippen LogP contribution in [0.15, 0.2) is 24.4 Å². The molecular weight excluding hydrogens is 343 g/mol. The number of nitrogens with zero attached hydrogens (tertiary/aromatic N) is 3. The van der Waals surface area contributed by atoms with Gasteiger partial charge < -0.3 is 5.11 Å². The zero-order chi connectivity index (χ0) is 17.3. The molecule has 24 heavy (non-hydrogen) atoms. The zero-order valence-electron chi connectivity index (χ0n) is 12.5. The van der Waals surface area contributed by atoms with Gasteiger partial charge in [-0.15, -0.1) is 11.3 Å². The van der Waals surface area contributed by atoms with Gasteiger partial charge in [0.25, 0.3) is 0 Å². The summed E-state index contributed by atoms with van der Waals surface area (Å²) in [5.74, 6) is -0.817. The molecule has 2 aromatic heterocycles. The van der Waals surface area contributed by atoms with Crippen LogP contribution in [0.1, 0.15) is 45.0 Å². The van der Waals surface area contributed by atoms with Gasteiger partial charge >= 0.3 is 12.1 Å². The lowest BCUT2D eigenvalue weighted by Gasteiger charge is -2.23. The van der Waals surface area contributed by atoms with Crippen LogP contribution in [0.3, 0.4) is 0 Å². The second-order valence-corrected chi connectivity index (χ2v) is 6.67. The van der Waals surface area contributed by atoms with E-state index in [0.29, 0.717) is 19.5 Å². The van der Waals surface area contributed by atoms with Gasteiger partial charge in [-0.3, -0.25) is 4.90 Å². The van der Waals surface area contributed by atoms with Gasteiger partial charge in [-0.2, -0.15) is 13.2 Å². The van der Waals surface area contributed by atoms with Gasteiger partial charge in [0.2, 0.25) is 0 Å². The Balaban J connectivity index is 1.79. The molecule has 0 bridgehead atoms. The highest BCUT2D eigenvalue weighted by Gasteiger charge is 2.35. The number of carboxylic acids is 1. The molecule has 1 atom stereocenters. The van der Waals surface area contributed by atoms with Crippen molar-refractivity contribution in [3.63, 3.8) is 0 Å². The minimum Gasteiger partial charge on any atom is -0.477 e. The SMILES string of the molecule is O=C(O)c1ccc(CN2CCC[C@H]2c2nccc(C(F)(F)F)n2)s1. The number of carbonyl (C=O) groups is 1. The van der Waals surface area contributed by atoms with Crippen molar-refractivity contribution in [1.82, 2.24) is 14.9 Å². The molecule has 0 aromatic carbocycles. The van der Waals surface area contributed by atoms with Crippen LogP contribution < -0.4 is 0 Å². The van der Waals surface area contributed by atoms with Crippen LogP contribution in [0.2, 0.25) is 0 Å². The maximum atomic E-state index is 12.8. The summed E-state index contributed by atoms with van der Waals surface area (Å²) < 4.78 is 38.5. The summed E-state index contributed by atoms with van der Waals surface area (Å²) in [6.45, 7) is 1.19. The predicted molar refractivity (Wildman–Crippen MR) is 80.7 cm³/mol. The van der Waals surface area contributed by atoms with Crippen LogP contribution in [0.4, 0.5) is 13.2 Å². The minimum absolute atomic E-state index is 0.164. The van der Waals surface area contributed by atoms with E-state index in [4.69, 9.17) is 5.11 Å². The van der Waals surface area contributed by atoms with Gasteiger partial charge in [0.15, 0.2) is 0 Å². The molecule has 0 saturated carbocycles. The van der Waals surface area contributed by atoms with Crippen molar-refractivity contribution in [3.8, 4) is 0 Å². The Kier molecular flexibility index (Phi) is 4.55. The second-order valence-electron chi connectivity index (χ2n) is 5.50. The molecule has 0 amide bonds. The second kappa shape index (κ2) is 6.48. The fraction of sp³-hybridized carbons (Fsp3) is 0.400. The number of hydrogen-bond acceptors (Lipinski definition) is 5. The van der Waals surface area contributed by atoms with Crippen molar-refractivity contribution < 1.29 is 23.1 Å². The van der Waals surface area contributed by atoms with Crippen molar-refractivity contribution in [3.05, 3.63) is 45.7 Å². The number of halogens is 3. The highest BCUT2D eigenvalue weighted by Crippen LogP contribution is 2.34. The summed E-state index contributed by atoms with van der Waals surface area (Å²) in [6.07, 6.45) is -1.85. The quantitative estimate of drug-likeness (QED) is 0.906. The first-order chi connectivity index (χ1) is 11.3. The smallest absolute Gasteiger partial charge is 0.433 e. The van der Waals surface area contributed by atoms with Gasteiger partial charge in [-0.25, -0.2) is 14.8 Å². The van der Waals surface area contributed by atoms with Crippen molar-refractivity contribution >= 4 is 17.3 Å². The van der Waals surface area contributed by atoms with Crippen LogP contribution in [-0.2, 0) is 12.7 Å². The molecule has 128 valence electrons. The summed E-state index contributed by atoms with van der Waals surface area (Å²) in [5.41, 5.74) is -0.941. The Morgan fingerprint density at radius 3 is 2.83 bits per heavy atom. The maximum Gasteiger partial charge on any atom is 0.433 e. The summed E-state index contributed by atoms with van der Waals surface area (Å²) in [6, 6.07) is 3.84. The highest BCUT2D eigenvalue weighted by atomic mass is 32.1. The number of thiophene rings is 1. The molecule has 1 aliphatic heterocycles. The number of alkyl halides is 3. The first-order valence-corrected chi connectivity index (χ1v) is 8.12. The summed E-state index contributed by atoms with van der Waals surface area (Å²) in [4.78, 5) is 21.7. The van der Waals surface area contributed by atoms with E-state index in [0.717, 1.165) is 23.6 Å². The molecule has 1 saturated heterocycles. The van der Waals surface area contributed by atoms with E-state index in [1.165, 1.54) is 17.4 Å². The Hall–Kier alpha value is -2.00. The predicted octanol–water partition coefficient (Wildman–Crippen LogP) is 3.59. The van der Waals surface area contributed by atoms with Crippen molar-refractivity contribution in [1.29, 1.82) is 0 Å². The number of hydrogen-bond donors (Lipinski definition) is 1. The van der Waals surface area contributed by atoms with E-state index in [9.17, 15) is 18.0 Å². The summed E-state index contributed by atoms with van der Waals surface area (Å²) in [7, 11) is 0. The van der Waals surface area contributed by atoms with Gasteiger partial charge in [0, 0.05) is 17.6 Å². The Labute approximate surface area is 139 Å². The summed E-state index contributed by atoms with van der Waals surface area (Å²) >= 11 is 1.17. The van der Waals surface area contributed by atoms with Gasteiger partial charge in [-0.05, 0) is 37.6 Å². The minimum atomic E-state index is -4.49. The summed E-state index contributed by atoms with van der Waals surface area (Å²) in [5, 5.41) is 8.97. The Bertz CT molecular complexity index is 748. The normalized spacial score (nSPS) is 18.9. The molecule has 0 aliphatic carbocycles. The molecule has 0 spiro atoms. The molecule has 0 radical (unpaired) electrons. The fourth-order valence-corrected chi connectivity index (χ4v) is 3.65. The van der Waals surface area contributed by atoms with Crippen LogP contribution in [0.25, 0.3) is 0 Å². The van der Waals surface area contributed by atoms with Gasteiger partial charge in [-0.1, -0.05) is 0 Å². The molecular formula is C15H14F3N3O2S. The number of rotatable bonds is 4. The average molecular weight is 357 g/mol. The maximum absolute atomic E-state index is 12.8. The van der Waals surface area contributed by atoms with Crippen LogP contribution in [0.5, 0.6) is 0 Å². The van der Waals surface area contributed by atoms with E-state index in [-0.39, 0.29) is 16.7 Å². The standard InChI is InChI=1S/C15H14F3N3O2S/c16-15(17,18)12-5-6-19-13(20-12)10-2-1-7-21(10)8-9-3-4-11(24-9)14(22)23/h3-6,10H,1-2,7-8H2,(H,22,23)/t10-/m0/s1. The molecule has 5 nitrogen and oxygen atoms in total. The largest absolute Gasteiger partial charge is 0.477 e. The van der Waals surface area contributed by atoms with Crippen molar-refractivity contribution in [2.45, 2.75) is 31.6 Å². The first-order valence-electron chi connectivity index (χ1n) is 7.31. The highest BCUT2D eigenvalue weighted by molar-refractivity contribution is 7.13. The Morgan fingerprint density at radius 1 is 1.38 bits per heavy atom. The monoisotopic (exact) mass is 357 g/mol. The molecule has 1 aliphatic rings. The number of aromatic nitrogens is 2. The topological polar surface area (TPSA) is 66.3 Å². The lowest BCUT2D eigenvalue weighted by atomic mass is 10.2. The van der Waals surface area contributed by atoms with E-state index in [1.54, 1.807) is 6.07 Å². The van der Waals surface area contributed by atoms with Gasteiger partial charge in [0.05, 0.1) is 6.04 Å². The average Bonchev–Trinajstić information content (AvgIpc) is 3.16. The van der Waals surface area contributed by atoms with Gasteiger partial charge in [0.1, 0.15) is 16.4 Å². The molecule has 9 heteroatoms.